The summed E-state index contributed by atoms with van der Waals surface area (Å²) in [5.41, 5.74) is 3.14. The fourth-order valence-corrected chi connectivity index (χ4v) is 4.29. The van der Waals surface area contributed by atoms with Gasteiger partial charge in [-0.1, -0.05) is 53.7 Å². The van der Waals surface area contributed by atoms with Gasteiger partial charge in [0.05, 0.1) is 6.54 Å². The first-order chi connectivity index (χ1) is 15.6. The highest BCUT2D eigenvalue weighted by Gasteiger charge is 2.31. The molecule has 0 fully saturated rings. The molecular weight excluding hydrogens is 512 g/mol. The average Bonchev–Trinajstić information content (AvgIpc) is 3.01. The smallest absolute Gasteiger partial charge is 0.337 e. The molecule has 1 heterocycles. The largest absolute Gasteiger partial charge is 0.507 e. The van der Waals surface area contributed by atoms with Crippen molar-refractivity contribution in [1.29, 1.82) is 5.41 Å². The van der Waals surface area contributed by atoms with E-state index in [4.69, 9.17) is 10.1 Å². The maximum Gasteiger partial charge on any atom is 0.337 e. The van der Waals surface area contributed by atoms with Gasteiger partial charge in [-0.3, -0.25) is 10.2 Å². The number of carboxylic acids is 1. The zero-order valence-electron chi connectivity index (χ0n) is 21.4. The van der Waals surface area contributed by atoms with Crippen molar-refractivity contribution in [2.24, 2.45) is 0 Å². The van der Waals surface area contributed by atoms with Crippen LogP contribution in [0.1, 0.15) is 85.8 Å². The van der Waals surface area contributed by atoms with E-state index in [1.807, 2.05) is 41.5 Å². The number of phenolic OH excluding ortho intramolecular Hbond substituents is 1. The van der Waals surface area contributed by atoms with Crippen LogP contribution in [0.25, 0.3) is 0 Å². The number of amidine groups is 1. The molecule has 0 bridgehead atoms. The van der Waals surface area contributed by atoms with Gasteiger partial charge >= 0.3 is 5.97 Å². The van der Waals surface area contributed by atoms with E-state index in [9.17, 15) is 19.8 Å². The maximum absolute atomic E-state index is 13.4. The SMILES string of the molecule is Br.COC(C(=O)O)c1ccc2c(c1)C(=N)N(CC(=O)c1cc(C(C)(C)C)c(O)c(C(C)(C)C)c1)C2. The lowest BCUT2D eigenvalue weighted by molar-refractivity contribution is -0.148. The number of hydrogen-bond acceptors (Lipinski definition) is 5. The number of phenols is 1. The first-order valence-corrected chi connectivity index (χ1v) is 11.3. The minimum absolute atomic E-state index is 0. The monoisotopic (exact) mass is 546 g/mol. The van der Waals surface area contributed by atoms with Crippen molar-refractivity contribution in [3.63, 3.8) is 0 Å². The van der Waals surface area contributed by atoms with E-state index in [1.165, 1.54) is 7.11 Å². The molecule has 1 unspecified atom stereocenters. The summed E-state index contributed by atoms with van der Waals surface area (Å²) in [5, 5.41) is 28.9. The summed E-state index contributed by atoms with van der Waals surface area (Å²) < 4.78 is 5.07. The minimum Gasteiger partial charge on any atom is -0.507 e. The molecule has 1 aliphatic heterocycles. The molecule has 0 saturated carbocycles. The van der Waals surface area contributed by atoms with E-state index in [2.05, 4.69) is 0 Å². The summed E-state index contributed by atoms with van der Waals surface area (Å²) in [7, 11) is 1.33. The first kappa shape index (κ1) is 28.5. The highest BCUT2D eigenvalue weighted by Crippen LogP contribution is 2.40. The number of rotatable bonds is 6. The van der Waals surface area contributed by atoms with Crippen molar-refractivity contribution in [3.8, 4) is 5.75 Å². The van der Waals surface area contributed by atoms with Crippen molar-refractivity contribution < 1.29 is 24.5 Å². The van der Waals surface area contributed by atoms with Crippen molar-refractivity contribution in [3.05, 3.63) is 63.7 Å². The zero-order chi connectivity index (χ0) is 25.6. The Morgan fingerprint density at radius 2 is 1.60 bits per heavy atom. The van der Waals surface area contributed by atoms with Gasteiger partial charge in [0, 0.05) is 35.9 Å². The lowest BCUT2D eigenvalue weighted by atomic mass is 9.78. The van der Waals surface area contributed by atoms with Crippen LogP contribution in [0.15, 0.2) is 30.3 Å². The molecule has 0 amide bonds. The molecule has 0 aliphatic carbocycles. The Labute approximate surface area is 217 Å². The Balaban J connectivity index is 0.00000432. The number of aromatic hydroxyl groups is 1. The van der Waals surface area contributed by atoms with Crippen molar-refractivity contribution >= 4 is 34.6 Å². The van der Waals surface area contributed by atoms with E-state index in [-0.39, 0.29) is 51.7 Å². The lowest BCUT2D eigenvalue weighted by Crippen LogP contribution is -2.30. The topological polar surface area (TPSA) is 111 Å². The Hall–Kier alpha value is -2.71. The van der Waals surface area contributed by atoms with Crippen LogP contribution in [0.5, 0.6) is 5.75 Å². The fraction of sp³-hybridized carbons (Fsp3) is 0.444. The van der Waals surface area contributed by atoms with Crippen molar-refractivity contribution in [2.75, 3.05) is 13.7 Å². The predicted molar refractivity (Wildman–Crippen MR) is 141 cm³/mol. The van der Waals surface area contributed by atoms with Crippen LogP contribution in [-0.4, -0.2) is 46.4 Å². The van der Waals surface area contributed by atoms with E-state index in [0.29, 0.717) is 34.4 Å². The number of aliphatic carboxylic acids is 1. The third kappa shape index (κ3) is 5.76. The Morgan fingerprint density at radius 1 is 1.06 bits per heavy atom. The molecular formula is C27H35BrN2O5. The fourth-order valence-electron chi connectivity index (χ4n) is 4.29. The third-order valence-electron chi connectivity index (χ3n) is 6.21. The number of carboxylic acid groups (broad SMARTS) is 1. The average molecular weight is 547 g/mol. The zero-order valence-corrected chi connectivity index (χ0v) is 23.1. The van der Waals surface area contributed by atoms with Crippen molar-refractivity contribution in [2.45, 2.75) is 65.0 Å². The van der Waals surface area contributed by atoms with E-state index in [0.717, 1.165) is 5.56 Å². The number of Topliss-reactive ketones (excluding diaryl/α,β-unsaturated/α-hetero) is 1. The standard InChI is InChI=1S/C27H34N2O5.BrH/c1-26(2,3)19-11-17(12-20(22(19)31)27(4,5)6)21(30)14-29-13-16-9-8-15(10-18(16)24(29)28)23(34-7)25(32)33;/h8-12,23,28,31H,13-14H2,1-7H3,(H,32,33);1H. The molecule has 8 heteroatoms. The Kier molecular flexibility index (Phi) is 8.24. The van der Waals surface area contributed by atoms with Gasteiger partial charge in [-0.05, 0) is 40.2 Å². The predicted octanol–water partition coefficient (Wildman–Crippen LogP) is 5.36. The summed E-state index contributed by atoms with van der Waals surface area (Å²) in [5.74, 6) is -0.849. The summed E-state index contributed by atoms with van der Waals surface area (Å²) in [4.78, 5) is 26.5. The van der Waals surface area contributed by atoms with Gasteiger partial charge in [0.1, 0.15) is 11.6 Å². The summed E-state index contributed by atoms with van der Waals surface area (Å²) in [6.07, 6.45) is -1.11. The summed E-state index contributed by atoms with van der Waals surface area (Å²) in [6, 6.07) is 8.64. The molecule has 0 spiro atoms. The van der Waals surface area contributed by atoms with Crippen LogP contribution >= 0.6 is 17.0 Å². The number of carbonyl (C=O) groups excluding carboxylic acids is 1. The van der Waals surface area contributed by atoms with Gasteiger partial charge in [0.2, 0.25) is 0 Å². The lowest BCUT2D eigenvalue weighted by Gasteiger charge is -2.28. The second-order valence-electron chi connectivity index (χ2n) is 10.9. The van der Waals surface area contributed by atoms with Crippen LogP contribution in [-0.2, 0) is 26.9 Å². The van der Waals surface area contributed by atoms with Crippen molar-refractivity contribution in [1.82, 2.24) is 4.90 Å². The van der Waals surface area contributed by atoms with Gasteiger partial charge in [-0.15, -0.1) is 17.0 Å². The number of ketones is 1. The van der Waals surface area contributed by atoms with Crippen LogP contribution in [0, 0.1) is 5.41 Å². The molecule has 2 aromatic carbocycles. The number of carbonyl (C=O) groups is 2. The highest BCUT2D eigenvalue weighted by molar-refractivity contribution is 8.93. The molecule has 7 nitrogen and oxygen atoms in total. The summed E-state index contributed by atoms with van der Waals surface area (Å²) >= 11 is 0. The van der Waals surface area contributed by atoms with E-state index in [1.54, 1.807) is 35.2 Å². The molecule has 1 atom stereocenters. The number of hydrogen-bond donors (Lipinski definition) is 3. The number of methoxy groups -OCH3 is 1. The van der Waals surface area contributed by atoms with Gasteiger partial charge < -0.3 is 19.8 Å². The van der Waals surface area contributed by atoms with Crippen LogP contribution in [0.2, 0.25) is 0 Å². The van der Waals surface area contributed by atoms with E-state index >= 15 is 0 Å². The number of nitrogens with one attached hydrogen (secondary N) is 1. The normalized spacial score (nSPS) is 14.4. The van der Waals surface area contributed by atoms with E-state index < -0.39 is 12.1 Å². The highest BCUT2D eigenvalue weighted by atomic mass is 79.9. The van der Waals surface area contributed by atoms with Gasteiger partial charge in [0.25, 0.3) is 0 Å². The molecule has 3 N–H and O–H groups in total. The molecule has 2 aromatic rings. The number of benzene rings is 2. The minimum atomic E-state index is -1.11. The molecule has 1 aliphatic rings. The molecule has 190 valence electrons. The van der Waals surface area contributed by atoms with Gasteiger partial charge in [0.15, 0.2) is 11.9 Å². The number of nitrogens with zero attached hydrogens (tertiary/aromatic N) is 1. The van der Waals surface area contributed by atoms with Crippen LogP contribution in [0.4, 0.5) is 0 Å². The van der Waals surface area contributed by atoms with Gasteiger partial charge in [-0.2, -0.15) is 0 Å². The molecule has 0 aromatic heterocycles. The second kappa shape index (κ2) is 10.1. The van der Waals surface area contributed by atoms with Crippen LogP contribution < -0.4 is 0 Å². The summed E-state index contributed by atoms with van der Waals surface area (Å²) in [6.45, 7) is 12.4. The molecule has 0 saturated heterocycles. The third-order valence-corrected chi connectivity index (χ3v) is 6.21. The number of ether oxygens (including phenoxy) is 1. The first-order valence-electron chi connectivity index (χ1n) is 11.3. The number of fused-ring (bicyclic) bond motifs is 1. The van der Waals surface area contributed by atoms with Crippen LogP contribution in [0.3, 0.4) is 0 Å². The molecule has 3 rings (SSSR count). The second-order valence-corrected chi connectivity index (χ2v) is 10.9. The van der Waals surface area contributed by atoms with Gasteiger partial charge in [-0.25, -0.2) is 4.79 Å². The number of halogens is 1. The maximum atomic E-state index is 13.4. The quantitative estimate of drug-likeness (QED) is 0.420. The Bertz CT molecular complexity index is 1130. The Morgan fingerprint density at radius 3 is 2.06 bits per heavy atom. The molecule has 35 heavy (non-hydrogen) atoms. The molecule has 0 radical (unpaired) electrons.